The summed E-state index contributed by atoms with van der Waals surface area (Å²) in [5.41, 5.74) is 2.70. The van der Waals surface area contributed by atoms with Gasteiger partial charge in [-0.3, -0.25) is 4.79 Å². The van der Waals surface area contributed by atoms with E-state index in [2.05, 4.69) is 69.6 Å². The first kappa shape index (κ1) is 29.9. The summed E-state index contributed by atoms with van der Waals surface area (Å²) in [4.78, 5) is 12.4. The van der Waals surface area contributed by atoms with Crippen LogP contribution in [0.15, 0.2) is 54.6 Å². The molecule has 0 aliphatic heterocycles. The lowest BCUT2D eigenvalue weighted by Gasteiger charge is -2.30. The lowest BCUT2D eigenvalue weighted by Crippen LogP contribution is -2.40. The predicted molar refractivity (Wildman–Crippen MR) is 150 cm³/mol. The molecule has 0 aliphatic rings. The van der Waals surface area contributed by atoms with Gasteiger partial charge in [-0.1, -0.05) is 94.8 Å². The van der Waals surface area contributed by atoms with Crippen molar-refractivity contribution in [3.63, 3.8) is 0 Å². The smallest absolute Gasteiger partial charge is 0.308 e. The molecule has 2 rings (SSSR count). The molecule has 0 aromatic heterocycles. The van der Waals surface area contributed by atoms with Gasteiger partial charge in [0.05, 0.1) is 39.8 Å². The molecule has 0 fully saturated rings. The molecule has 1 unspecified atom stereocenters. The van der Waals surface area contributed by atoms with Crippen molar-refractivity contribution < 1.29 is 18.8 Å². The van der Waals surface area contributed by atoms with Gasteiger partial charge < -0.3 is 14.0 Å². The van der Waals surface area contributed by atoms with Gasteiger partial charge in [-0.2, -0.15) is 0 Å². The van der Waals surface area contributed by atoms with E-state index in [1.165, 1.54) is 56.1 Å². The molecule has 0 amide bonds. The van der Waals surface area contributed by atoms with Crippen LogP contribution in [0.4, 0.5) is 0 Å². The van der Waals surface area contributed by atoms with E-state index < -0.39 is 0 Å². The Bertz CT molecular complexity index is 832. The highest BCUT2D eigenvalue weighted by molar-refractivity contribution is 5.71. The van der Waals surface area contributed by atoms with Crippen LogP contribution in [-0.4, -0.2) is 44.3 Å². The molecule has 0 aliphatic carbocycles. The molecule has 0 radical (unpaired) electrons. The number of quaternary nitrogens is 1. The number of nitrogens with zero attached hydrogens (tertiary/aromatic N) is 1. The van der Waals surface area contributed by atoms with Crippen LogP contribution in [0.5, 0.6) is 5.75 Å². The van der Waals surface area contributed by atoms with E-state index >= 15 is 0 Å². The summed E-state index contributed by atoms with van der Waals surface area (Å²) in [7, 11) is 4.43. The Balaban J connectivity index is 1.53. The molecule has 0 spiro atoms. The predicted octanol–water partition coefficient (Wildman–Crippen LogP) is 7.59. The van der Waals surface area contributed by atoms with Gasteiger partial charge in [0, 0.05) is 18.4 Å². The van der Waals surface area contributed by atoms with Gasteiger partial charge in [-0.05, 0) is 30.5 Å². The highest BCUT2D eigenvalue weighted by Crippen LogP contribution is 2.16. The Morgan fingerprint density at radius 2 is 1.47 bits per heavy atom. The van der Waals surface area contributed by atoms with Crippen molar-refractivity contribution in [2.75, 3.05) is 33.9 Å². The average Bonchev–Trinajstić information content (AvgIpc) is 2.87. The van der Waals surface area contributed by atoms with E-state index in [4.69, 9.17) is 9.47 Å². The molecule has 36 heavy (non-hydrogen) atoms. The number of unbranched alkanes of at least 4 members (excludes halogenated alkanes) is 6. The molecule has 4 heteroatoms. The number of aryl methyl sites for hydroxylation is 1. The summed E-state index contributed by atoms with van der Waals surface area (Å²) in [5.74, 6) is 0.684. The van der Waals surface area contributed by atoms with Crippen molar-refractivity contribution in [1.29, 1.82) is 0 Å². The van der Waals surface area contributed by atoms with Crippen LogP contribution in [0, 0.1) is 5.92 Å². The number of carbonyl (C=O) groups excluding carboxylic acids is 1. The van der Waals surface area contributed by atoms with Gasteiger partial charge in [0.25, 0.3) is 0 Å². The van der Waals surface area contributed by atoms with Crippen LogP contribution in [0.25, 0.3) is 0 Å². The summed E-state index contributed by atoms with van der Waals surface area (Å²) in [5, 5.41) is 0. The first-order valence-electron chi connectivity index (χ1n) is 14.1. The van der Waals surface area contributed by atoms with Crippen LogP contribution in [-0.2, 0) is 22.5 Å². The zero-order valence-electron chi connectivity index (χ0n) is 23.3. The number of hydrogen-bond acceptors (Lipinski definition) is 3. The topological polar surface area (TPSA) is 35.5 Å². The Morgan fingerprint density at radius 3 is 2.17 bits per heavy atom. The minimum Gasteiger partial charge on any atom is -0.493 e. The van der Waals surface area contributed by atoms with Gasteiger partial charge in [0.2, 0.25) is 0 Å². The van der Waals surface area contributed by atoms with Gasteiger partial charge in [-0.15, -0.1) is 0 Å². The van der Waals surface area contributed by atoms with Gasteiger partial charge in [0.1, 0.15) is 12.3 Å². The molecule has 0 saturated heterocycles. The lowest BCUT2D eigenvalue weighted by molar-refractivity contribution is -0.904. The maximum Gasteiger partial charge on any atom is 0.308 e. The number of hydrogen-bond donors (Lipinski definition) is 0. The summed E-state index contributed by atoms with van der Waals surface area (Å²) in [6.07, 6.45) is 12.1. The SMILES string of the molecule is CCCCCCCCCc1ccc(OCCCOC(=O)C(C)CC[N+](C)(C)Cc2ccccc2)cc1. The van der Waals surface area contributed by atoms with E-state index in [1.54, 1.807) is 0 Å². The molecule has 4 nitrogen and oxygen atoms in total. The van der Waals surface area contributed by atoms with Crippen molar-refractivity contribution in [2.45, 2.75) is 84.6 Å². The van der Waals surface area contributed by atoms with Gasteiger partial charge in [-0.25, -0.2) is 0 Å². The molecule has 0 N–H and O–H groups in total. The second kappa shape index (κ2) is 17.2. The largest absolute Gasteiger partial charge is 0.493 e. The van der Waals surface area contributed by atoms with E-state index in [1.807, 2.05) is 13.0 Å². The van der Waals surface area contributed by atoms with Crippen LogP contribution in [0.2, 0.25) is 0 Å². The quantitative estimate of drug-likeness (QED) is 0.114. The number of rotatable bonds is 19. The highest BCUT2D eigenvalue weighted by atomic mass is 16.5. The highest BCUT2D eigenvalue weighted by Gasteiger charge is 2.21. The Kier molecular flexibility index (Phi) is 14.3. The normalized spacial score (nSPS) is 12.3. The molecule has 0 heterocycles. The average molecular weight is 497 g/mol. The number of esters is 1. The minimum absolute atomic E-state index is 0.0945. The fourth-order valence-corrected chi connectivity index (χ4v) is 4.42. The number of benzene rings is 2. The first-order valence-corrected chi connectivity index (χ1v) is 14.1. The van der Waals surface area contributed by atoms with E-state index in [0.717, 1.165) is 36.2 Å². The van der Waals surface area contributed by atoms with Crippen LogP contribution < -0.4 is 4.74 Å². The molecule has 200 valence electrons. The second-order valence-corrected chi connectivity index (χ2v) is 10.9. The van der Waals surface area contributed by atoms with Crippen molar-refractivity contribution in [3.8, 4) is 5.75 Å². The Labute approximate surface area is 220 Å². The number of ether oxygens (including phenoxy) is 2. The molecule has 0 saturated carbocycles. The van der Waals surface area contributed by atoms with Crippen molar-refractivity contribution in [1.82, 2.24) is 0 Å². The standard InChI is InChI=1S/C32H50NO3/c1-5-6-7-8-9-10-12-16-29-19-21-31(22-20-29)35-25-15-26-36-32(34)28(2)23-24-33(3,4)27-30-17-13-11-14-18-30/h11,13-14,17-22,28H,5-10,12,15-16,23-27H2,1-4H3/q+1. The maximum absolute atomic E-state index is 12.4. The third-order valence-electron chi connectivity index (χ3n) is 6.82. The molecule has 2 aromatic carbocycles. The molecular weight excluding hydrogens is 446 g/mol. The Hall–Kier alpha value is -2.33. The first-order chi connectivity index (χ1) is 17.4. The second-order valence-electron chi connectivity index (χ2n) is 10.9. The molecular formula is C32H50NO3+. The Morgan fingerprint density at radius 1 is 0.806 bits per heavy atom. The van der Waals surface area contributed by atoms with Crippen LogP contribution >= 0.6 is 0 Å². The zero-order valence-corrected chi connectivity index (χ0v) is 23.3. The summed E-state index contributed by atoms with van der Waals surface area (Å²) in [6, 6.07) is 19.0. The summed E-state index contributed by atoms with van der Waals surface area (Å²) in [6.45, 7) is 7.08. The molecule has 0 bridgehead atoms. The van der Waals surface area contributed by atoms with E-state index in [-0.39, 0.29) is 11.9 Å². The van der Waals surface area contributed by atoms with Crippen molar-refractivity contribution in [3.05, 3.63) is 65.7 Å². The minimum atomic E-state index is -0.107. The third kappa shape index (κ3) is 13.1. The zero-order chi connectivity index (χ0) is 26.1. The third-order valence-corrected chi connectivity index (χ3v) is 6.82. The van der Waals surface area contributed by atoms with Crippen LogP contribution in [0.3, 0.4) is 0 Å². The van der Waals surface area contributed by atoms with Crippen molar-refractivity contribution in [2.24, 2.45) is 5.92 Å². The summed E-state index contributed by atoms with van der Waals surface area (Å²) < 4.78 is 12.2. The fourth-order valence-electron chi connectivity index (χ4n) is 4.42. The summed E-state index contributed by atoms with van der Waals surface area (Å²) >= 11 is 0. The monoisotopic (exact) mass is 496 g/mol. The fraction of sp³-hybridized carbons (Fsp3) is 0.594. The van der Waals surface area contributed by atoms with Crippen molar-refractivity contribution >= 4 is 5.97 Å². The molecule has 2 aromatic rings. The van der Waals surface area contributed by atoms with Crippen LogP contribution in [0.1, 0.15) is 82.8 Å². The van der Waals surface area contributed by atoms with Gasteiger partial charge >= 0.3 is 5.97 Å². The molecule has 1 atom stereocenters. The van der Waals surface area contributed by atoms with Gasteiger partial charge in [0.15, 0.2) is 0 Å². The van der Waals surface area contributed by atoms with E-state index in [0.29, 0.717) is 19.6 Å². The maximum atomic E-state index is 12.4. The lowest BCUT2D eigenvalue weighted by atomic mass is 10.0. The number of carbonyl (C=O) groups is 1. The van der Waals surface area contributed by atoms with E-state index in [9.17, 15) is 4.79 Å².